The Hall–Kier alpha value is -5.93. The first kappa shape index (κ1) is 24.6. The molecule has 0 radical (unpaired) electrons. The van der Waals surface area contributed by atoms with E-state index in [1.165, 1.54) is 16.3 Å². The molecule has 0 saturated heterocycles. The third-order valence-electron chi connectivity index (χ3n) is 8.61. The minimum absolute atomic E-state index is 0.900. The van der Waals surface area contributed by atoms with E-state index in [-0.39, 0.29) is 0 Å². The monoisotopic (exact) mass is 562 g/mol. The van der Waals surface area contributed by atoms with Gasteiger partial charge in [-0.25, -0.2) is 4.98 Å². The van der Waals surface area contributed by atoms with Gasteiger partial charge in [0.1, 0.15) is 17.0 Å². The lowest BCUT2D eigenvalue weighted by Gasteiger charge is -2.16. The highest BCUT2D eigenvalue weighted by Gasteiger charge is 2.22. The summed E-state index contributed by atoms with van der Waals surface area (Å²) in [4.78, 5) is 5.09. The number of benzene rings is 7. The van der Waals surface area contributed by atoms with Crippen molar-refractivity contribution in [2.45, 2.75) is 0 Å². The summed E-state index contributed by atoms with van der Waals surface area (Å²) in [6.07, 6.45) is 0. The molecular formula is C41H26N2O. The highest BCUT2D eigenvalue weighted by molar-refractivity contribution is 6.27. The first-order valence-electron chi connectivity index (χ1n) is 14.9. The van der Waals surface area contributed by atoms with E-state index in [1.54, 1.807) is 0 Å². The van der Waals surface area contributed by atoms with Crippen LogP contribution in [-0.4, -0.2) is 9.55 Å². The molecule has 206 valence electrons. The van der Waals surface area contributed by atoms with Crippen LogP contribution in [0.5, 0.6) is 0 Å². The average molecular weight is 563 g/mol. The quantitative estimate of drug-likeness (QED) is 0.214. The second kappa shape index (κ2) is 9.82. The van der Waals surface area contributed by atoms with E-state index in [4.69, 9.17) is 9.40 Å². The van der Waals surface area contributed by atoms with Gasteiger partial charge >= 0.3 is 0 Å². The number of hydrogen-bond acceptors (Lipinski definition) is 2. The van der Waals surface area contributed by atoms with Crippen LogP contribution in [0, 0.1) is 0 Å². The Balaban J connectivity index is 1.31. The smallest absolute Gasteiger partial charge is 0.145 e. The maximum Gasteiger partial charge on any atom is 0.145 e. The van der Waals surface area contributed by atoms with Crippen molar-refractivity contribution in [1.82, 2.24) is 9.55 Å². The van der Waals surface area contributed by atoms with Crippen molar-refractivity contribution in [1.29, 1.82) is 0 Å². The van der Waals surface area contributed by atoms with Gasteiger partial charge in [-0.1, -0.05) is 127 Å². The predicted molar refractivity (Wildman–Crippen MR) is 182 cm³/mol. The van der Waals surface area contributed by atoms with Crippen LogP contribution < -0.4 is 0 Å². The van der Waals surface area contributed by atoms with E-state index in [0.717, 1.165) is 66.7 Å². The second-order valence-corrected chi connectivity index (χ2v) is 11.1. The SMILES string of the molecule is c1ccc(-c2c(-c3ccc(-c4nc5ccccc5n4-c4ccccc4)cc3)c3ccccc3c3c2oc2ccccc23)cc1. The van der Waals surface area contributed by atoms with Gasteiger partial charge in [0, 0.05) is 33.2 Å². The molecule has 0 amide bonds. The predicted octanol–water partition coefficient (Wildman–Crippen LogP) is 11.1. The van der Waals surface area contributed by atoms with Gasteiger partial charge in [-0.15, -0.1) is 0 Å². The van der Waals surface area contributed by atoms with Crippen LogP contribution in [0.4, 0.5) is 0 Å². The van der Waals surface area contributed by atoms with Crippen molar-refractivity contribution in [3.63, 3.8) is 0 Å². The van der Waals surface area contributed by atoms with Crippen molar-refractivity contribution in [2.24, 2.45) is 0 Å². The van der Waals surface area contributed by atoms with E-state index >= 15 is 0 Å². The van der Waals surface area contributed by atoms with Crippen LogP contribution in [0.1, 0.15) is 0 Å². The fourth-order valence-electron chi connectivity index (χ4n) is 6.68. The lowest BCUT2D eigenvalue weighted by atomic mass is 9.87. The van der Waals surface area contributed by atoms with Crippen LogP contribution in [0.25, 0.3) is 83.1 Å². The fraction of sp³-hybridized carbons (Fsp3) is 0. The molecule has 0 fully saturated rings. The molecule has 0 aliphatic rings. The van der Waals surface area contributed by atoms with Gasteiger partial charge in [-0.3, -0.25) is 4.57 Å². The molecule has 2 heterocycles. The summed E-state index contributed by atoms with van der Waals surface area (Å²) in [6.45, 7) is 0. The number of hydrogen-bond donors (Lipinski definition) is 0. The minimum atomic E-state index is 0.900. The van der Waals surface area contributed by atoms with Gasteiger partial charge in [0.25, 0.3) is 0 Å². The second-order valence-electron chi connectivity index (χ2n) is 11.1. The third kappa shape index (κ3) is 3.73. The largest absolute Gasteiger partial charge is 0.455 e. The molecule has 0 saturated carbocycles. The number of fused-ring (bicyclic) bond motifs is 6. The molecule has 3 nitrogen and oxygen atoms in total. The van der Waals surface area contributed by atoms with E-state index in [2.05, 4.69) is 144 Å². The molecule has 0 bridgehead atoms. The Bertz CT molecular complexity index is 2470. The molecular weight excluding hydrogens is 536 g/mol. The Kier molecular flexibility index (Phi) is 5.50. The van der Waals surface area contributed by atoms with Crippen molar-refractivity contribution >= 4 is 43.7 Å². The molecule has 44 heavy (non-hydrogen) atoms. The summed E-state index contributed by atoms with van der Waals surface area (Å²) in [5.74, 6) is 0.921. The molecule has 0 aliphatic carbocycles. The number of imidazole rings is 1. The molecule has 0 atom stereocenters. The van der Waals surface area contributed by atoms with E-state index in [9.17, 15) is 0 Å². The maximum absolute atomic E-state index is 6.69. The minimum Gasteiger partial charge on any atom is -0.455 e. The van der Waals surface area contributed by atoms with Crippen molar-refractivity contribution in [2.75, 3.05) is 0 Å². The highest BCUT2D eigenvalue weighted by atomic mass is 16.3. The molecule has 9 rings (SSSR count). The van der Waals surface area contributed by atoms with Crippen LogP contribution in [0.15, 0.2) is 162 Å². The first-order chi connectivity index (χ1) is 21.8. The summed E-state index contributed by atoms with van der Waals surface area (Å²) in [6, 6.07) is 55.3. The Morgan fingerprint density at radius 2 is 1.05 bits per heavy atom. The molecule has 0 unspecified atom stereocenters. The number of rotatable bonds is 4. The van der Waals surface area contributed by atoms with Gasteiger partial charge in [-0.2, -0.15) is 0 Å². The maximum atomic E-state index is 6.69. The molecule has 7 aromatic carbocycles. The van der Waals surface area contributed by atoms with Gasteiger partial charge < -0.3 is 4.42 Å². The van der Waals surface area contributed by atoms with Crippen LogP contribution in [0.3, 0.4) is 0 Å². The Labute approximate surface area is 254 Å². The van der Waals surface area contributed by atoms with Crippen molar-refractivity contribution in [3.8, 4) is 39.3 Å². The normalized spacial score (nSPS) is 11.6. The van der Waals surface area contributed by atoms with E-state index < -0.39 is 0 Å². The number of para-hydroxylation sites is 4. The molecule has 9 aromatic rings. The lowest BCUT2D eigenvalue weighted by molar-refractivity contribution is 0.670. The summed E-state index contributed by atoms with van der Waals surface area (Å²) in [7, 11) is 0. The Morgan fingerprint density at radius 3 is 1.84 bits per heavy atom. The van der Waals surface area contributed by atoms with E-state index in [0.29, 0.717) is 0 Å². The third-order valence-corrected chi connectivity index (χ3v) is 8.61. The summed E-state index contributed by atoms with van der Waals surface area (Å²) in [5.41, 5.74) is 10.6. The van der Waals surface area contributed by atoms with Gasteiger partial charge in [0.2, 0.25) is 0 Å². The zero-order valence-electron chi connectivity index (χ0n) is 23.8. The van der Waals surface area contributed by atoms with Gasteiger partial charge in [0.15, 0.2) is 0 Å². The van der Waals surface area contributed by atoms with Crippen molar-refractivity contribution < 1.29 is 4.42 Å². The van der Waals surface area contributed by atoms with Crippen molar-refractivity contribution in [3.05, 3.63) is 158 Å². The molecule has 0 spiro atoms. The molecule has 2 aromatic heterocycles. The summed E-state index contributed by atoms with van der Waals surface area (Å²) < 4.78 is 8.93. The number of furan rings is 1. The lowest BCUT2D eigenvalue weighted by Crippen LogP contribution is -1.97. The molecule has 0 aliphatic heterocycles. The van der Waals surface area contributed by atoms with Crippen LogP contribution >= 0.6 is 0 Å². The summed E-state index contributed by atoms with van der Waals surface area (Å²) in [5, 5.41) is 4.69. The molecule has 3 heteroatoms. The highest BCUT2D eigenvalue weighted by Crippen LogP contribution is 2.47. The van der Waals surface area contributed by atoms with E-state index in [1.807, 2.05) is 18.2 Å². The average Bonchev–Trinajstić information content (AvgIpc) is 3.68. The van der Waals surface area contributed by atoms with Gasteiger partial charge in [-0.05, 0) is 52.2 Å². The number of aromatic nitrogens is 2. The Morgan fingerprint density at radius 1 is 0.455 bits per heavy atom. The molecule has 0 N–H and O–H groups in total. The zero-order chi connectivity index (χ0) is 29.0. The van der Waals surface area contributed by atoms with Crippen LogP contribution in [-0.2, 0) is 0 Å². The van der Waals surface area contributed by atoms with Crippen LogP contribution in [0.2, 0.25) is 0 Å². The standard InChI is InChI=1S/C41H26N2O/c1-3-13-27(14-4-1)38-37(31-17-7-8-18-32(31)39-33-19-9-12-22-36(33)44-40(38)39)28-23-25-29(26-24-28)41-42-34-20-10-11-21-35(34)43(41)30-15-5-2-6-16-30/h1-26H. The summed E-state index contributed by atoms with van der Waals surface area (Å²) >= 11 is 0. The number of nitrogens with zero attached hydrogens (tertiary/aromatic N) is 2. The zero-order valence-corrected chi connectivity index (χ0v) is 23.8. The fourth-order valence-corrected chi connectivity index (χ4v) is 6.68. The first-order valence-corrected chi connectivity index (χ1v) is 14.9. The topological polar surface area (TPSA) is 31.0 Å². The van der Waals surface area contributed by atoms with Gasteiger partial charge in [0.05, 0.1) is 11.0 Å².